The SMILES string of the molecule is CCNC(=O)CN(CC)C(=O)C(C)Oc1ccc(Cl)cc1C. The van der Waals surface area contributed by atoms with E-state index < -0.39 is 6.10 Å². The molecule has 0 aliphatic heterocycles. The van der Waals surface area contributed by atoms with Crippen LogP contribution in [0.1, 0.15) is 26.3 Å². The van der Waals surface area contributed by atoms with Crippen LogP contribution < -0.4 is 10.1 Å². The van der Waals surface area contributed by atoms with Gasteiger partial charge in [0.15, 0.2) is 6.10 Å². The van der Waals surface area contributed by atoms with Gasteiger partial charge in [-0.3, -0.25) is 9.59 Å². The predicted molar refractivity (Wildman–Crippen MR) is 87.2 cm³/mol. The van der Waals surface area contributed by atoms with Crippen LogP contribution in [0.2, 0.25) is 5.02 Å². The molecule has 0 aliphatic rings. The van der Waals surface area contributed by atoms with E-state index in [9.17, 15) is 9.59 Å². The van der Waals surface area contributed by atoms with Crippen molar-refractivity contribution in [3.05, 3.63) is 28.8 Å². The summed E-state index contributed by atoms with van der Waals surface area (Å²) in [5.41, 5.74) is 0.860. The number of benzene rings is 1. The fourth-order valence-electron chi connectivity index (χ4n) is 2.01. The standard InChI is InChI=1S/C16H23ClN2O3/c1-5-18-15(20)10-19(6-2)16(21)12(4)22-14-8-7-13(17)9-11(14)3/h7-9,12H,5-6,10H2,1-4H3,(H,18,20). The zero-order chi connectivity index (χ0) is 16.7. The molecule has 1 aromatic rings. The van der Waals surface area contributed by atoms with E-state index in [4.69, 9.17) is 16.3 Å². The minimum Gasteiger partial charge on any atom is -0.481 e. The molecule has 0 saturated carbocycles. The number of halogens is 1. The minimum atomic E-state index is -0.672. The van der Waals surface area contributed by atoms with E-state index in [-0.39, 0.29) is 18.4 Å². The van der Waals surface area contributed by atoms with Gasteiger partial charge in [0.1, 0.15) is 5.75 Å². The maximum absolute atomic E-state index is 12.4. The maximum Gasteiger partial charge on any atom is 0.263 e. The maximum atomic E-state index is 12.4. The van der Waals surface area contributed by atoms with Crippen LogP contribution in [-0.4, -0.2) is 42.5 Å². The Morgan fingerprint density at radius 1 is 1.36 bits per heavy atom. The van der Waals surface area contributed by atoms with Crippen LogP contribution in [0.3, 0.4) is 0 Å². The molecule has 1 rings (SSSR count). The van der Waals surface area contributed by atoms with E-state index in [0.29, 0.717) is 23.9 Å². The first-order valence-electron chi connectivity index (χ1n) is 7.37. The Bertz CT molecular complexity index is 534. The van der Waals surface area contributed by atoms with Crippen LogP contribution >= 0.6 is 11.6 Å². The molecule has 6 heteroatoms. The van der Waals surface area contributed by atoms with Gasteiger partial charge in [-0.05, 0) is 51.5 Å². The summed E-state index contributed by atoms with van der Waals surface area (Å²) in [5, 5.41) is 3.30. The molecule has 1 atom stereocenters. The molecule has 0 heterocycles. The zero-order valence-corrected chi connectivity index (χ0v) is 14.2. The number of carbonyl (C=O) groups is 2. The number of ether oxygens (including phenoxy) is 1. The normalized spacial score (nSPS) is 11.7. The van der Waals surface area contributed by atoms with Gasteiger partial charge in [0.05, 0.1) is 6.54 Å². The summed E-state index contributed by atoms with van der Waals surface area (Å²) in [5.74, 6) is 0.218. The van der Waals surface area contributed by atoms with Crippen molar-refractivity contribution in [3.8, 4) is 5.75 Å². The molecule has 5 nitrogen and oxygen atoms in total. The zero-order valence-electron chi connectivity index (χ0n) is 13.5. The molecule has 0 aliphatic carbocycles. The molecular weight excluding hydrogens is 304 g/mol. The van der Waals surface area contributed by atoms with E-state index in [1.807, 2.05) is 20.8 Å². The van der Waals surface area contributed by atoms with Crippen molar-refractivity contribution in [2.75, 3.05) is 19.6 Å². The molecule has 2 amide bonds. The molecule has 1 N–H and O–H groups in total. The Labute approximate surface area is 136 Å². The Balaban J connectivity index is 2.71. The molecule has 0 radical (unpaired) electrons. The number of carbonyl (C=O) groups excluding carboxylic acids is 2. The number of hydrogen-bond donors (Lipinski definition) is 1. The largest absolute Gasteiger partial charge is 0.481 e. The lowest BCUT2D eigenvalue weighted by atomic mass is 10.2. The Morgan fingerprint density at radius 2 is 2.05 bits per heavy atom. The molecule has 1 unspecified atom stereocenters. The van der Waals surface area contributed by atoms with Gasteiger partial charge in [-0.15, -0.1) is 0 Å². The second kappa shape index (κ2) is 8.63. The third-order valence-corrected chi connectivity index (χ3v) is 3.43. The van der Waals surface area contributed by atoms with E-state index in [1.54, 1.807) is 25.1 Å². The first kappa shape index (κ1) is 18.3. The van der Waals surface area contributed by atoms with Crippen molar-refractivity contribution in [2.45, 2.75) is 33.8 Å². The van der Waals surface area contributed by atoms with Gasteiger partial charge in [-0.1, -0.05) is 11.6 Å². The Kier molecular flexibility index (Phi) is 7.18. The highest BCUT2D eigenvalue weighted by molar-refractivity contribution is 6.30. The van der Waals surface area contributed by atoms with Crippen LogP contribution in [0, 0.1) is 6.92 Å². The van der Waals surface area contributed by atoms with Crippen molar-refractivity contribution in [1.82, 2.24) is 10.2 Å². The van der Waals surface area contributed by atoms with Gasteiger partial charge in [-0.2, -0.15) is 0 Å². The summed E-state index contributed by atoms with van der Waals surface area (Å²) in [6, 6.07) is 5.23. The quantitative estimate of drug-likeness (QED) is 0.837. The molecular formula is C16H23ClN2O3. The van der Waals surface area contributed by atoms with E-state index in [1.165, 1.54) is 4.90 Å². The Morgan fingerprint density at radius 3 is 2.59 bits per heavy atom. The number of nitrogens with zero attached hydrogens (tertiary/aromatic N) is 1. The monoisotopic (exact) mass is 326 g/mol. The molecule has 22 heavy (non-hydrogen) atoms. The number of aryl methyl sites for hydroxylation is 1. The molecule has 0 aromatic heterocycles. The lowest BCUT2D eigenvalue weighted by Gasteiger charge is -2.24. The molecule has 0 fully saturated rings. The van der Waals surface area contributed by atoms with Crippen molar-refractivity contribution < 1.29 is 14.3 Å². The second-order valence-corrected chi connectivity index (χ2v) is 5.41. The summed E-state index contributed by atoms with van der Waals surface area (Å²) in [4.78, 5) is 25.5. The van der Waals surface area contributed by atoms with Crippen LogP contribution in [0.15, 0.2) is 18.2 Å². The molecule has 122 valence electrons. The average Bonchev–Trinajstić information content (AvgIpc) is 2.47. The van der Waals surface area contributed by atoms with E-state index in [0.717, 1.165) is 5.56 Å². The fourth-order valence-corrected chi connectivity index (χ4v) is 2.24. The van der Waals surface area contributed by atoms with Crippen LogP contribution in [0.25, 0.3) is 0 Å². The highest BCUT2D eigenvalue weighted by Gasteiger charge is 2.23. The first-order valence-corrected chi connectivity index (χ1v) is 7.75. The smallest absolute Gasteiger partial charge is 0.263 e. The number of hydrogen-bond acceptors (Lipinski definition) is 3. The third-order valence-electron chi connectivity index (χ3n) is 3.19. The number of amides is 2. The lowest BCUT2D eigenvalue weighted by molar-refractivity contribution is -0.141. The van der Waals surface area contributed by atoms with Gasteiger partial charge < -0.3 is 15.0 Å². The molecule has 0 saturated heterocycles. The van der Waals surface area contributed by atoms with Gasteiger partial charge in [0.2, 0.25) is 5.91 Å². The highest BCUT2D eigenvalue weighted by Crippen LogP contribution is 2.23. The third kappa shape index (κ3) is 5.22. The van der Waals surface area contributed by atoms with Crippen LogP contribution in [0.5, 0.6) is 5.75 Å². The van der Waals surface area contributed by atoms with E-state index >= 15 is 0 Å². The summed E-state index contributed by atoms with van der Waals surface area (Å²) in [6.07, 6.45) is -0.672. The number of likely N-dealkylation sites (N-methyl/N-ethyl adjacent to an activating group) is 2. The minimum absolute atomic E-state index is 0.0382. The highest BCUT2D eigenvalue weighted by atomic mass is 35.5. The Hall–Kier alpha value is -1.75. The average molecular weight is 327 g/mol. The van der Waals surface area contributed by atoms with Crippen molar-refractivity contribution in [1.29, 1.82) is 0 Å². The van der Waals surface area contributed by atoms with Crippen molar-refractivity contribution >= 4 is 23.4 Å². The summed E-state index contributed by atoms with van der Waals surface area (Å²) < 4.78 is 5.70. The number of rotatable bonds is 7. The fraction of sp³-hybridized carbons (Fsp3) is 0.500. The summed E-state index contributed by atoms with van der Waals surface area (Å²) >= 11 is 5.90. The van der Waals surface area contributed by atoms with E-state index in [2.05, 4.69) is 5.32 Å². The van der Waals surface area contributed by atoms with Gasteiger partial charge >= 0.3 is 0 Å². The molecule has 0 spiro atoms. The first-order chi connectivity index (χ1) is 10.4. The van der Waals surface area contributed by atoms with Gasteiger partial charge in [0.25, 0.3) is 5.91 Å². The lowest BCUT2D eigenvalue weighted by Crippen LogP contribution is -2.45. The predicted octanol–water partition coefficient (Wildman–Crippen LogP) is 2.40. The van der Waals surface area contributed by atoms with Crippen LogP contribution in [0.4, 0.5) is 0 Å². The molecule has 1 aromatic carbocycles. The number of nitrogens with one attached hydrogen (secondary N) is 1. The topological polar surface area (TPSA) is 58.6 Å². The molecule has 0 bridgehead atoms. The van der Waals surface area contributed by atoms with Crippen molar-refractivity contribution in [2.24, 2.45) is 0 Å². The van der Waals surface area contributed by atoms with Crippen LogP contribution in [-0.2, 0) is 9.59 Å². The van der Waals surface area contributed by atoms with Gasteiger partial charge in [0, 0.05) is 18.1 Å². The summed E-state index contributed by atoms with van der Waals surface area (Å²) in [7, 11) is 0. The second-order valence-electron chi connectivity index (χ2n) is 4.98. The van der Waals surface area contributed by atoms with Crippen molar-refractivity contribution in [3.63, 3.8) is 0 Å². The summed E-state index contributed by atoms with van der Waals surface area (Å²) in [6.45, 7) is 8.24. The van der Waals surface area contributed by atoms with Gasteiger partial charge in [-0.25, -0.2) is 0 Å².